The molecule has 0 atom stereocenters. The fourth-order valence-electron chi connectivity index (χ4n) is 1.62. The Morgan fingerprint density at radius 1 is 1.47 bits per heavy atom. The number of pyridine rings is 1. The van der Waals surface area contributed by atoms with Gasteiger partial charge in [0.2, 0.25) is 0 Å². The first-order valence-electron chi connectivity index (χ1n) is 4.69. The quantitative estimate of drug-likeness (QED) is 0.814. The van der Waals surface area contributed by atoms with Gasteiger partial charge < -0.3 is 9.84 Å². The van der Waals surface area contributed by atoms with Gasteiger partial charge in [0.1, 0.15) is 5.75 Å². The van der Waals surface area contributed by atoms with Gasteiger partial charge in [-0.2, -0.15) is 0 Å². The van der Waals surface area contributed by atoms with Crippen LogP contribution < -0.4 is 0 Å². The third-order valence-electron chi connectivity index (χ3n) is 2.24. The monoisotopic (exact) mass is 204 g/mol. The molecule has 1 aliphatic heterocycles. The number of ether oxygens (including phenoxy) is 1. The molecule has 1 aromatic rings. The molecule has 1 aromatic heterocycles. The van der Waals surface area contributed by atoms with Crippen LogP contribution in [0, 0.1) is 0 Å². The third-order valence-corrected chi connectivity index (χ3v) is 2.24. The lowest BCUT2D eigenvalue weighted by Crippen LogP contribution is -2.04. The summed E-state index contributed by atoms with van der Waals surface area (Å²) in [6.07, 6.45) is 7.56. The summed E-state index contributed by atoms with van der Waals surface area (Å²) in [5.41, 5.74) is 2.47. The van der Waals surface area contributed by atoms with E-state index in [4.69, 9.17) is 4.74 Å². The van der Waals surface area contributed by atoms with Crippen molar-refractivity contribution < 1.29 is 9.84 Å². The van der Waals surface area contributed by atoms with E-state index in [0.29, 0.717) is 6.61 Å². The summed E-state index contributed by atoms with van der Waals surface area (Å²) in [6, 6.07) is 0. The number of rotatable bonds is 3. The molecule has 4 nitrogen and oxygen atoms in total. The van der Waals surface area contributed by atoms with Gasteiger partial charge in [0.15, 0.2) is 0 Å². The van der Waals surface area contributed by atoms with Crippen LogP contribution in [0.4, 0.5) is 0 Å². The first kappa shape index (κ1) is 9.86. The van der Waals surface area contributed by atoms with E-state index >= 15 is 0 Å². The number of aromatic nitrogens is 1. The Hall–Kier alpha value is -1.68. The second-order valence-electron chi connectivity index (χ2n) is 3.29. The molecule has 0 unspecified atom stereocenters. The number of allylic oxidation sites excluding steroid dienone is 1. The van der Waals surface area contributed by atoms with Crippen LogP contribution in [0.5, 0.6) is 5.75 Å². The largest absolute Gasteiger partial charge is 0.506 e. The Labute approximate surface area is 87.9 Å². The highest BCUT2D eigenvalue weighted by molar-refractivity contribution is 6.06. The predicted octanol–water partition coefficient (Wildman–Crippen LogP) is 1.64. The first-order chi connectivity index (χ1) is 7.33. The van der Waals surface area contributed by atoms with E-state index < -0.39 is 0 Å². The number of hydrogen-bond donors (Lipinski definition) is 1. The van der Waals surface area contributed by atoms with Crippen molar-refractivity contribution in [1.82, 2.24) is 4.98 Å². The van der Waals surface area contributed by atoms with E-state index in [1.165, 1.54) is 6.20 Å². The molecule has 2 rings (SSSR count). The average molecular weight is 204 g/mol. The number of nitrogens with zero attached hydrogens (tertiary/aromatic N) is 2. The van der Waals surface area contributed by atoms with E-state index in [2.05, 4.69) is 9.98 Å². The Bertz CT molecular complexity index is 425. The minimum atomic E-state index is 0.159. The summed E-state index contributed by atoms with van der Waals surface area (Å²) in [6.45, 7) is 0.426. The van der Waals surface area contributed by atoms with E-state index in [9.17, 15) is 5.11 Å². The van der Waals surface area contributed by atoms with Crippen LogP contribution in [-0.2, 0) is 11.3 Å². The highest BCUT2D eigenvalue weighted by Crippen LogP contribution is 2.24. The standard InChI is InChI=1S/C11H12N2O2/c1-15-7-8-5-12-6-10(14)11(8)9-3-2-4-13-9/h2,4-6,14H,3,7H2,1H3. The normalized spacial score (nSPS) is 14.3. The zero-order valence-corrected chi connectivity index (χ0v) is 8.47. The fraction of sp³-hybridized carbons (Fsp3) is 0.273. The molecule has 1 N–H and O–H groups in total. The number of hydrogen-bond acceptors (Lipinski definition) is 4. The lowest BCUT2D eigenvalue weighted by Gasteiger charge is -2.09. The van der Waals surface area contributed by atoms with Gasteiger partial charge in [-0.15, -0.1) is 0 Å². The van der Waals surface area contributed by atoms with Crippen molar-refractivity contribution >= 4 is 5.71 Å². The summed E-state index contributed by atoms with van der Waals surface area (Å²) in [5, 5.41) is 9.75. The van der Waals surface area contributed by atoms with Crippen molar-refractivity contribution in [2.75, 3.05) is 7.11 Å². The van der Waals surface area contributed by atoms with Gasteiger partial charge in [-0.05, 0) is 0 Å². The number of methoxy groups -OCH3 is 1. The van der Waals surface area contributed by atoms with Crippen LogP contribution in [0.25, 0.3) is 0 Å². The SMILES string of the molecule is COCc1cncc(O)c1C1=NC=CC1. The van der Waals surface area contributed by atoms with Gasteiger partial charge in [0.25, 0.3) is 0 Å². The van der Waals surface area contributed by atoms with Crippen molar-refractivity contribution in [3.63, 3.8) is 0 Å². The molecule has 0 fully saturated rings. The Kier molecular flexibility index (Phi) is 2.78. The van der Waals surface area contributed by atoms with Crippen molar-refractivity contribution in [3.8, 4) is 5.75 Å². The molecule has 0 saturated heterocycles. The maximum atomic E-state index is 9.75. The molecule has 0 spiro atoms. The summed E-state index contributed by atoms with van der Waals surface area (Å²) < 4.78 is 5.06. The van der Waals surface area contributed by atoms with Crippen LogP contribution in [0.2, 0.25) is 0 Å². The summed E-state index contributed by atoms with van der Waals surface area (Å²) in [7, 11) is 1.61. The van der Waals surface area contributed by atoms with Crippen LogP contribution >= 0.6 is 0 Å². The van der Waals surface area contributed by atoms with E-state index in [0.717, 1.165) is 23.3 Å². The smallest absolute Gasteiger partial charge is 0.143 e. The Morgan fingerprint density at radius 3 is 3.00 bits per heavy atom. The van der Waals surface area contributed by atoms with Crippen molar-refractivity contribution in [2.24, 2.45) is 4.99 Å². The Balaban J connectivity index is 2.43. The second kappa shape index (κ2) is 4.23. The number of aliphatic imine (C=N–C) groups is 1. The lowest BCUT2D eigenvalue weighted by molar-refractivity contribution is 0.184. The highest BCUT2D eigenvalue weighted by Gasteiger charge is 2.15. The van der Waals surface area contributed by atoms with E-state index in [1.807, 2.05) is 6.08 Å². The molecule has 0 aromatic carbocycles. The second-order valence-corrected chi connectivity index (χ2v) is 3.29. The number of aromatic hydroxyl groups is 1. The molecule has 4 heteroatoms. The molecule has 2 heterocycles. The lowest BCUT2D eigenvalue weighted by atomic mass is 10.0. The minimum absolute atomic E-state index is 0.159. The van der Waals surface area contributed by atoms with Gasteiger partial charge in [-0.25, -0.2) is 0 Å². The van der Waals surface area contributed by atoms with Gasteiger partial charge in [-0.1, -0.05) is 6.08 Å². The van der Waals surface area contributed by atoms with Crippen LogP contribution in [0.15, 0.2) is 29.7 Å². The van der Waals surface area contributed by atoms with Crippen LogP contribution in [-0.4, -0.2) is 22.9 Å². The summed E-state index contributed by atoms with van der Waals surface area (Å²) in [5.74, 6) is 0.159. The molecule has 15 heavy (non-hydrogen) atoms. The molecule has 78 valence electrons. The van der Waals surface area contributed by atoms with Crippen molar-refractivity contribution in [1.29, 1.82) is 0 Å². The van der Waals surface area contributed by atoms with Gasteiger partial charge >= 0.3 is 0 Å². The molecule has 0 radical (unpaired) electrons. The summed E-state index contributed by atoms with van der Waals surface area (Å²) in [4.78, 5) is 8.13. The molecule has 1 aliphatic rings. The van der Waals surface area contributed by atoms with Gasteiger partial charge in [0, 0.05) is 37.1 Å². The summed E-state index contributed by atoms with van der Waals surface area (Å²) >= 11 is 0. The zero-order chi connectivity index (χ0) is 10.7. The van der Waals surface area contributed by atoms with Crippen molar-refractivity contribution in [2.45, 2.75) is 13.0 Å². The molecule has 0 amide bonds. The fourth-order valence-corrected chi connectivity index (χ4v) is 1.62. The van der Waals surface area contributed by atoms with Crippen LogP contribution in [0.3, 0.4) is 0 Å². The Morgan fingerprint density at radius 2 is 2.33 bits per heavy atom. The van der Waals surface area contributed by atoms with E-state index in [1.54, 1.807) is 19.5 Å². The maximum Gasteiger partial charge on any atom is 0.143 e. The molecule has 0 saturated carbocycles. The first-order valence-corrected chi connectivity index (χ1v) is 4.69. The minimum Gasteiger partial charge on any atom is -0.506 e. The topological polar surface area (TPSA) is 54.7 Å². The highest BCUT2D eigenvalue weighted by atomic mass is 16.5. The third kappa shape index (κ3) is 1.89. The van der Waals surface area contributed by atoms with Gasteiger partial charge in [-0.3, -0.25) is 9.98 Å². The molecule has 0 aliphatic carbocycles. The predicted molar refractivity (Wildman–Crippen MR) is 56.9 cm³/mol. The molecule has 0 bridgehead atoms. The molecular formula is C11H12N2O2. The maximum absolute atomic E-state index is 9.75. The average Bonchev–Trinajstić information content (AvgIpc) is 2.71. The zero-order valence-electron chi connectivity index (χ0n) is 8.47. The van der Waals surface area contributed by atoms with Gasteiger partial charge in [0.05, 0.1) is 18.5 Å². The van der Waals surface area contributed by atoms with Crippen LogP contribution in [0.1, 0.15) is 17.5 Å². The van der Waals surface area contributed by atoms with Crippen molar-refractivity contribution in [3.05, 3.63) is 35.8 Å². The molecular weight excluding hydrogens is 192 g/mol. The van der Waals surface area contributed by atoms with E-state index in [-0.39, 0.29) is 5.75 Å².